The van der Waals surface area contributed by atoms with Crippen molar-refractivity contribution in [3.63, 3.8) is 0 Å². The number of aryl methyl sites for hydroxylation is 1. The van der Waals surface area contributed by atoms with Crippen LogP contribution in [0.15, 0.2) is 91.0 Å². The summed E-state index contributed by atoms with van der Waals surface area (Å²) < 4.78 is 2.74. The molecular weight excluding hydrogens is 380 g/mol. The van der Waals surface area contributed by atoms with Crippen molar-refractivity contribution in [1.82, 2.24) is 0 Å². The largest absolute Gasteiger partial charge is 0.135 e. The number of benzene rings is 5. The fourth-order valence-electron chi connectivity index (χ4n) is 5.07. The number of rotatable bonds is 1. The van der Waals surface area contributed by atoms with Crippen molar-refractivity contribution in [3.8, 4) is 33.4 Å². The van der Waals surface area contributed by atoms with Gasteiger partial charge in [0.1, 0.15) is 0 Å². The molecule has 1 aliphatic rings. The van der Waals surface area contributed by atoms with E-state index in [0.717, 1.165) is 0 Å². The molecule has 0 atom stereocenters. The molecule has 0 saturated heterocycles. The maximum atomic E-state index is 2.42. The summed E-state index contributed by atoms with van der Waals surface area (Å²) >= 11 is 1.91. The number of hydrogen-bond donors (Lipinski definition) is 0. The summed E-state index contributed by atoms with van der Waals surface area (Å²) in [7, 11) is 0. The first-order valence-corrected chi connectivity index (χ1v) is 11.2. The molecule has 1 heteroatoms. The minimum atomic E-state index is 1.28. The van der Waals surface area contributed by atoms with E-state index in [-0.39, 0.29) is 0 Å². The van der Waals surface area contributed by atoms with Gasteiger partial charge in [0.15, 0.2) is 0 Å². The molecule has 1 aromatic heterocycles. The van der Waals surface area contributed by atoms with Crippen LogP contribution in [0.3, 0.4) is 0 Å². The van der Waals surface area contributed by atoms with Gasteiger partial charge < -0.3 is 0 Å². The van der Waals surface area contributed by atoms with Gasteiger partial charge >= 0.3 is 0 Å². The van der Waals surface area contributed by atoms with Crippen LogP contribution >= 0.6 is 11.3 Å². The summed E-state index contributed by atoms with van der Waals surface area (Å²) in [6.45, 7) is 2.14. The lowest BCUT2D eigenvalue weighted by Gasteiger charge is -2.06. The van der Waals surface area contributed by atoms with E-state index in [1.807, 2.05) is 11.3 Å². The predicted molar refractivity (Wildman–Crippen MR) is 131 cm³/mol. The van der Waals surface area contributed by atoms with Crippen LogP contribution in [-0.4, -0.2) is 0 Å². The van der Waals surface area contributed by atoms with Gasteiger partial charge in [-0.1, -0.05) is 78.4 Å². The summed E-state index contributed by atoms with van der Waals surface area (Å²) in [5, 5.41) is 5.56. The second-order valence-electron chi connectivity index (χ2n) is 8.25. The Kier molecular flexibility index (Phi) is 3.17. The van der Waals surface area contributed by atoms with Crippen LogP contribution < -0.4 is 0 Å². The Balaban J connectivity index is 1.59. The molecule has 7 rings (SSSR count). The number of hydrogen-bond acceptors (Lipinski definition) is 1. The normalized spacial score (nSPS) is 12.2. The maximum absolute atomic E-state index is 2.42. The molecular formula is C29H18S. The van der Waals surface area contributed by atoms with Gasteiger partial charge in [-0.25, -0.2) is 0 Å². The second-order valence-corrected chi connectivity index (χ2v) is 9.33. The van der Waals surface area contributed by atoms with E-state index in [0.29, 0.717) is 0 Å². The zero-order valence-corrected chi connectivity index (χ0v) is 17.4. The molecule has 5 aromatic carbocycles. The monoisotopic (exact) mass is 398 g/mol. The molecule has 140 valence electrons. The van der Waals surface area contributed by atoms with Gasteiger partial charge in [0.05, 0.1) is 0 Å². The van der Waals surface area contributed by atoms with E-state index >= 15 is 0 Å². The van der Waals surface area contributed by atoms with Crippen LogP contribution in [0.1, 0.15) is 5.56 Å². The Labute approximate surface area is 179 Å². The molecule has 1 aliphatic carbocycles. The van der Waals surface area contributed by atoms with E-state index < -0.39 is 0 Å². The Hall–Kier alpha value is -3.42. The van der Waals surface area contributed by atoms with Crippen LogP contribution in [-0.2, 0) is 0 Å². The molecule has 1 heterocycles. The average Bonchev–Trinajstić information content (AvgIpc) is 3.31. The topological polar surface area (TPSA) is 0 Å². The summed E-state index contributed by atoms with van der Waals surface area (Å²) in [6, 6.07) is 33.8. The van der Waals surface area contributed by atoms with E-state index in [4.69, 9.17) is 0 Å². The SMILES string of the molecule is Cc1ccc(-c2ccc3sc4cc5c6c(cccc6c4c3c2)-c2ccccc2-5)cc1. The van der Waals surface area contributed by atoms with Crippen molar-refractivity contribution >= 4 is 42.3 Å². The molecule has 0 aliphatic heterocycles. The smallest absolute Gasteiger partial charge is 0.0368 e. The first-order valence-electron chi connectivity index (χ1n) is 10.4. The molecule has 0 radical (unpaired) electrons. The highest BCUT2D eigenvalue weighted by Crippen LogP contribution is 2.51. The van der Waals surface area contributed by atoms with Gasteiger partial charge in [-0.3, -0.25) is 0 Å². The van der Waals surface area contributed by atoms with Crippen molar-refractivity contribution in [2.75, 3.05) is 0 Å². The first-order chi connectivity index (χ1) is 14.8. The molecule has 0 bridgehead atoms. The molecule has 0 N–H and O–H groups in total. The Morgan fingerprint density at radius 2 is 1.23 bits per heavy atom. The molecule has 0 nitrogen and oxygen atoms in total. The van der Waals surface area contributed by atoms with E-state index in [9.17, 15) is 0 Å². The minimum absolute atomic E-state index is 1.28. The van der Waals surface area contributed by atoms with Gasteiger partial charge in [-0.2, -0.15) is 0 Å². The van der Waals surface area contributed by atoms with Crippen molar-refractivity contribution < 1.29 is 0 Å². The van der Waals surface area contributed by atoms with E-state index in [2.05, 4.69) is 97.9 Å². The Bertz CT molecular complexity index is 1630. The highest BCUT2D eigenvalue weighted by molar-refractivity contribution is 7.26. The molecule has 0 saturated carbocycles. The van der Waals surface area contributed by atoms with Crippen LogP contribution in [0.25, 0.3) is 64.3 Å². The Morgan fingerprint density at radius 3 is 2.07 bits per heavy atom. The second kappa shape index (κ2) is 5.81. The molecule has 0 amide bonds. The third-order valence-corrected chi connectivity index (χ3v) is 7.60. The molecule has 0 unspecified atom stereocenters. The maximum Gasteiger partial charge on any atom is 0.0368 e. The summed E-state index contributed by atoms with van der Waals surface area (Å²) in [5.41, 5.74) is 9.34. The zero-order valence-electron chi connectivity index (χ0n) is 16.6. The fourth-order valence-corrected chi connectivity index (χ4v) is 6.21. The standard InChI is InChI=1S/C29H18S/c1-17-9-11-18(12-10-17)19-13-14-26-25(15-19)29-23-8-4-7-22-20-5-2-3-6-21(20)24(28(22)23)16-27(29)30-26/h2-16H,1H3. The van der Waals surface area contributed by atoms with Crippen LogP contribution in [0.5, 0.6) is 0 Å². The molecule has 30 heavy (non-hydrogen) atoms. The summed E-state index contributed by atoms with van der Waals surface area (Å²) in [5.74, 6) is 0. The van der Waals surface area contributed by atoms with Crippen LogP contribution in [0.2, 0.25) is 0 Å². The lowest BCUT2D eigenvalue weighted by molar-refractivity contribution is 1.47. The third-order valence-electron chi connectivity index (χ3n) is 6.49. The molecule has 0 spiro atoms. The van der Waals surface area contributed by atoms with Gasteiger partial charge in [-0.15, -0.1) is 11.3 Å². The fraction of sp³-hybridized carbons (Fsp3) is 0.0345. The summed E-state index contributed by atoms with van der Waals surface area (Å²) in [4.78, 5) is 0. The lowest BCUT2D eigenvalue weighted by Crippen LogP contribution is -1.80. The van der Waals surface area contributed by atoms with Crippen molar-refractivity contribution in [2.24, 2.45) is 0 Å². The summed E-state index contributed by atoms with van der Waals surface area (Å²) in [6.07, 6.45) is 0. The molecule has 6 aromatic rings. The Morgan fingerprint density at radius 1 is 0.500 bits per heavy atom. The molecule has 0 fully saturated rings. The van der Waals surface area contributed by atoms with Crippen LogP contribution in [0.4, 0.5) is 0 Å². The van der Waals surface area contributed by atoms with Gasteiger partial charge in [0, 0.05) is 20.2 Å². The van der Waals surface area contributed by atoms with Crippen molar-refractivity contribution in [3.05, 3.63) is 96.6 Å². The highest BCUT2D eigenvalue weighted by atomic mass is 32.1. The van der Waals surface area contributed by atoms with Gasteiger partial charge in [-0.05, 0) is 69.3 Å². The average molecular weight is 399 g/mol. The van der Waals surface area contributed by atoms with Crippen molar-refractivity contribution in [1.29, 1.82) is 0 Å². The predicted octanol–water partition coefficient (Wildman–Crippen LogP) is 8.83. The number of thiophene rings is 1. The quantitative estimate of drug-likeness (QED) is 0.259. The third kappa shape index (κ3) is 2.10. The lowest BCUT2D eigenvalue weighted by atomic mass is 9.97. The van der Waals surface area contributed by atoms with Crippen molar-refractivity contribution in [2.45, 2.75) is 6.92 Å². The first kappa shape index (κ1) is 16.4. The van der Waals surface area contributed by atoms with Gasteiger partial charge in [0.2, 0.25) is 0 Å². The number of fused-ring (bicyclic) bond motifs is 7. The van der Waals surface area contributed by atoms with E-state index in [1.165, 1.54) is 69.9 Å². The zero-order chi connectivity index (χ0) is 19.8. The van der Waals surface area contributed by atoms with E-state index in [1.54, 1.807) is 0 Å². The van der Waals surface area contributed by atoms with Gasteiger partial charge in [0.25, 0.3) is 0 Å². The minimum Gasteiger partial charge on any atom is -0.135 e. The van der Waals surface area contributed by atoms with Crippen LogP contribution in [0, 0.1) is 6.92 Å². The highest BCUT2D eigenvalue weighted by Gasteiger charge is 2.23.